The Bertz CT molecular complexity index is 308. The van der Waals surface area contributed by atoms with Crippen molar-refractivity contribution in [3.05, 3.63) is 0 Å². The van der Waals surface area contributed by atoms with Crippen molar-refractivity contribution in [2.75, 3.05) is 18.9 Å². The molecule has 1 N–H and O–H groups in total. The Morgan fingerprint density at radius 2 is 1.93 bits per heavy atom. The standard InChI is InChI=1S/C7H13NO5S/c1-3-13-7(10)5-14(11,12)8-4-6(2)9/h8H,3-5H2,1-2H3. The van der Waals surface area contributed by atoms with E-state index in [9.17, 15) is 18.0 Å². The largest absolute Gasteiger partial charge is 0.465 e. The third kappa shape index (κ3) is 6.55. The first-order chi connectivity index (χ1) is 6.37. The molecule has 0 aromatic carbocycles. The fourth-order valence-electron chi connectivity index (χ4n) is 0.620. The summed E-state index contributed by atoms with van der Waals surface area (Å²) in [6.45, 7) is 2.64. The third-order valence-corrected chi connectivity index (χ3v) is 2.35. The molecule has 0 atom stereocenters. The second kappa shape index (κ2) is 5.71. The third-order valence-electron chi connectivity index (χ3n) is 1.15. The zero-order chi connectivity index (χ0) is 11.2. The number of sulfonamides is 1. The van der Waals surface area contributed by atoms with Gasteiger partial charge in [0.25, 0.3) is 0 Å². The lowest BCUT2D eigenvalue weighted by molar-refractivity contribution is -0.140. The summed E-state index contributed by atoms with van der Waals surface area (Å²) in [5.74, 6) is -1.91. The smallest absolute Gasteiger partial charge is 0.322 e. The van der Waals surface area contributed by atoms with Crippen LogP contribution in [0.2, 0.25) is 0 Å². The molecule has 6 nitrogen and oxygen atoms in total. The summed E-state index contributed by atoms with van der Waals surface area (Å²) >= 11 is 0. The van der Waals surface area contributed by atoms with Crippen LogP contribution in [0.1, 0.15) is 13.8 Å². The van der Waals surface area contributed by atoms with E-state index in [2.05, 4.69) is 4.74 Å². The lowest BCUT2D eigenvalue weighted by Crippen LogP contribution is -2.33. The monoisotopic (exact) mass is 223 g/mol. The van der Waals surface area contributed by atoms with Crippen LogP contribution in [0.5, 0.6) is 0 Å². The molecule has 82 valence electrons. The van der Waals surface area contributed by atoms with Gasteiger partial charge in [-0.25, -0.2) is 13.1 Å². The van der Waals surface area contributed by atoms with Crippen LogP contribution in [0.4, 0.5) is 0 Å². The molecular weight excluding hydrogens is 210 g/mol. The van der Waals surface area contributed by atoms with Gasteiger partial charge in [0.15, 0.2) is 5.75 Å². The fourth-order valence-corrected chi connectivity index (χ4v) is 1.54. The highest BCUT2D eigenvalue weighted by Gasteiger charge is 2.17. The summed E-state index contributed by atoms with van der Waals surface area (Å²) in [6, 6.07) is 0. The molecule has 0 aliphatic carbocycles. The number of rotatable bonds is 6. The number of hydrogen-bond acceptors (Lipinski definition) is 5. The number of carbonyl (C=O) groups excluding carboxylic acids is 2. The maximum atomic E-state index is 11.1. The van der Waals surface area contributed by atoms with Crippen molar-refractivity contribution in [3.8, 4) is 0 Å². The Hall–Kier alpha value is -0.950. The Kier molecular flexibility index (Phi) is 5.32. The molecule has 0 aromatic heterocycles. The van der Waals surface area contributed by atoms with Crippen LogP contribution in [0.3, 0.4) is 0 Å². The zero-order valence-corrected chi connectivity index (χ0v) is 8.89. The van der Waals surface area contributed by atoms with Crippen molar-refractivity contribution in [3.63, 3.8) is 0 Å². The lowest BCUT2D eigenvalue weighted by Gasteiger charge is -2.04. The number of nitrogens with one attached hydrogen (secondary N) is 1. The molecule has 0 fully saturated rings. The van der Waals surface area contributed by atoms with Crippen molar-refractivity contribution >= 4 is 21.8 Å². The highest BCUT2D eigenvalue weighted by atomic mass is 32.2. The first-order valence-electron chi connectivity index (χ1n) is 3.99. The van der Waals surface area contributed by atoms with E-state index in [1.54, 1.807) is 6.92 Å². The molecule has 0 saturated carbocycles. The van der Waals surface area contributed by atoms with Crippen molar-refractivity contribution in [1.29, 1.82) is 0 Å². The minimum atomic E-state index is -3.74. The van der Waals surface area contributed by atoms with E-state index in [-0.39, 0.29) is 18.9 Å². The second-order valence-corrected chi connectivity index (χ2v) is 4.39. The predicted octanol–water partition coefficient (Wildman–Crippen LogP) is -0.942. The summed E-state index contributed by atoms with van der Waals surface area (Å²) < 4.78 is 28.5. The molecule has 0 unspecified atom stereocenters. The quantitative estimate of drug-likeness (QED) is 0.587. The first kappa shape index (κ1) is 13.1. The van der Waals surface area contributed by atoms with Crippen LogP contribution >= 0.6 is 0 Å². The highest BCUT2D eigenvalue weighted by molar-refractivity contribution is 7.90. The maximum absolute atomic E-state index is 11.1. The molecule has 0 aromatic rings. The molecule has 0 aliphatic rings. The molecule has 0 radical (unpaired) electrons. The summed E-state index contributed by atoms with van der Waals surface area (Å²) in [6.07, 6.45) is 0. The van der Waals surface area contributed by atoms with E-state index in [0.717, 1.165) is 0 Å². The Labute approximate surface area is 82.7 Å². The normalized spacial score (nSPS) is 11.0. The van der Waals surface area contributed by atoms with Gasteiger partial charge in [0, 0.05) is 0 Å². The fraction of sp³-hybridized carbons (Fsp3) is 0.714. The SMILES string of the molecule is CCOC(=O)CS(=O)(=O)NCC(C)=O. The molecular formula is C7H13NO5S. The molecule has 0 spiro atoms. The predicted molar refractivity (Wildman–Crippen MR) is 49.1 cm³/mol. The molecule has 0 bridgehead atoms. The van der Waals surface area contributed by atoms with Gasteiger partial charge in [-0.15, -0.1) is 0 Å². The average Bonchev–Trinajstić information content (AvgIpc) is 2.00. The lowest BCUT2D eigenvalue weighted by atomic mass is 10.5. The molecule has 0 heterocycles. The number of ether oxygens (including phenoxy) is 1. The van der Waals surface area contributed by atoms with Crippen LogP contribution < -0.4 is 4.72 Å². The Morgan fingerprint density at radius 1 is 1.36 bits per heavy atom. The van der Waals surface area contributed by atoms with Crippen LogP contribution in [-0.2, 0) is 24.3 Å². The van der Waals surface area contributed by atoms with Crippen molar-refractivity contribution in [2.24, 2.45) is 0 Å². The summed E-state index contributed by atoms with van der Waals surface area (Å²) in [7, 11) is -3.74. The van der Waals surface area contributed by atoms with E-state index >= 15 is 0 Å². The summed E-state index contributed by atoms with van der Waals surface area (Å²) in [4.78, 5) is 21.2. The maximum Gasteiger partial charge on any atom is 0.322 e. The summed E-state index contributed by atoms with van der Waals surface area (Å²) in [5.41, 5.74) is 0. The molecule has 0 saturated heterocycles. The van der Waals surface area contributed by atoms with Crippen molar-refractivity contribution in [2.45, 2.75) is 13.8 Å². The van der Waals surface area contributed by atoms with Crippen LogP contribution in [-0.4, -0.2) is 39.1 Å². The number of esters is 1. The van der Waals surface area contributed by atoms with Crippen LogP contribution in [0, 0.1) is 0 Å². The van der Waals surface area contributed by atoms with E-state index in [1.807, 2.05) is 4.72 Å². The van der Waals surface area contributed by atoms with Crippen molar-refractivity contribution in [1.82, 2.24) is 4.72 Å². The van der Waals surface area contributed by atoms with Gasteiger partial charge in [-0.3, -0.25) is 9.59 Å². The summed E-state index contributed by atoms with van der Waals surface area (Å²) in [5, 5.41) is 0. The first-order valence-corrected chi connectivity index (χ1v) is 5.65. The van der Waals surface area contributed by atoms with E-state index in [4.69, 9.17) is 0 Å². The van der Waals surface area contributed by atoms with Gasteiger partial charge in [-0.1, -0.05) is 0 Å². The molecule has 14 heavy (non-hydrogen) atoms. The van der Waals surface area contributed by atoms with Gasteiger partial charge < -0.3 is 4.74 Å². The van der Waals surface area contributed by atoms with Gasteiger partial charge >= 0.3 is 5.97 Å². The Balaban J connectivity index is 4.08. The van der Waals surface area contributed by atoms with Crippen LogP contribution in [0.25, 0.3) is 0 Å². The van der Waals surface area contributed by atoms with Gasteiger partial charge in [0.05, 0.1) is 13.2 Å². The van der Waals surface area contributed by atoms with Crippen LogP contribution in [0.15, 0.2) is 0 Å². The number of ketones is 1. The number of carbonyl (C=O) groups is 2. The van der Waals surface area contributed by atoms with E-state index < -0.39 is 21.7 Å². The zero-order valence-electron chi connectivity index (χ0n) is 8.07. The topological polar surface area (TPSA) is 89.5 Å². The average molecular weight is 223 g/mol. The number of hydrogen-bond donors (Lipinski definition) is 1. The minimum Gasteiger partial charge on any atom is -0.465 e. The van der Waals surface area contributed by atoms with Gasteiger partial charge in [0.2, 0.25) is 10.0 Å². The van der Waals surface area contributed by atoms with Gasteiger partial charge in [-0.2, -0.15) is 0 Å². The Morgan fingerprint density at radius 3 is 2.36 bits per heavy atom. The second-order valence-electron chi connectivity index (χ2n) is 2.59. The molecule has 0 rings (SSSR count). The highest BCUT2D eigenvalue weighted by Crippen LogP contribution is 1.87. The van der Waals surface area contributed by atoms with Crippen molar-refractivity contribution < 1.29 is 22.7 Å². The van der Waals surface area contributed by atoms with Gasteiger partial charge in [0.1, 0.15) is 5.78 Å². The number of Topliss-reactive ketones (excluding diaryl/α,β-unsaturated/α-hetero) is 1. The van der Waals surface area contributed by atoms with E-state index in [0.29, 0.717) is 0 Å². The van der Waals surface area contributed by atoms with Gasteiger partial charge in [-0.05, 0) is 13.8 Å². The molecule has 7 heteroatoms. The molecule has 0 amide bonds. The minimum absolute atomic E-state index is 0.126. The molecule has 0 aliphatic heterocycles. The van der Waals surface area contributed by atoms with E-state index in [1.165, 1.54) is 6.92 Å².